The Morgan fingerprint density at radius 1 is 1.23 bits per heavy atom. The number of nitrogens with one attached hydrogen (secondary N) is 2. The number of fused-ring (bicyclic) bond motifs is 1. The van der Waals surface area contributed by atoms with Gasteiger partial charge in [0, 0.05) is 23.5 Å². The van der Waals surface area contributed by atoms with E-state index in [1.54, 1.807) is 13.1 Å². The van der Waals surface area contributed by atoms with Crippen LogP contribution in [0.1, 0.15) is 18.9 Å². The summed E-state index contributed by atoms with van der Waals surface area (Å²) in [6.45, 7) is 1.59. The minimum Gasteiger partial charge on any atom is -0.467 e. The molecule has 4 N–H and O–H groups in total. The third-order valence-corrected chi connectivity index (χ3v) is 4.40. The van der Waals surface area contributed by atoms with E-state index >= 15 is 0 Å². The van der Waals surface area contributed by atoms with E-state index in [1.807, 2.05) is 24.3 Å². The molecule has 8 heteroatoms. The molecule has 0 saturated heterocycles. The summed E-state index contributed by atoms with van der Waals surface area (Å²) in [5.41, 5.74) is 5.77. The number of benzene rings is 1. The number of methoxy groups -OCH3 is 2. The van der Waals surface area contributed by atoms with E-state index in [1.165, 1.54) is 7.11 Å². The highest BCUT2D eigenvalue weighted by Crippen LogP contribution is 2.20. The van der Waals surface area contributed by atoms with Gasteiger partial charge in [-0.15, -0.1) is 0 Å². The van der Waals surface area contributed by atoms with E-state index in [-0.39, 0.29) is 12.8 Å². The van der Waals surface area contributed by atoms with E-state index in [4.69, 9.17) is 10.5 Å². The summed E-state index contributed by atoms with van der Waals surface area (Å²) in [7, 11) is 2.38. The number of carbonyl (C=O) groups is 3. The van der Waals surface area contributed by atoms with Crippen molar-refractivity contribution in [2.45, 2.75) is 31.3 Å². The van der Waals surface area contributed by atoms with Gasteiger partial charge < -0.3 is 25.5 Å². The Morgan fingerprint density at radius 3 is 2.54 bits per heavy atom. The van der Waals surface area contributed by atoms with Crippen molar-refractivity contribution in [3.05, 3.63) is 36.0 Å². The summed E-state index contributed by atoms with van der Waals surface area (Å²) in [4.78, 5) is 39.7. The average molecular weight is 361 g/mol. The fourth-order valence-electron chi connectivity index (χ4n) is 2.72. The number of esters is 2. The summed E-state index contributed by atoms with van der Waals surface area (Å²) in [6, 6.07) is 6.59. The number of amides is 1. The highest BCUT2D eigenvalue weighted by atomic mass is 16.5. The lowest BCUT2D eigenvalue weighted by Crippen LogP contribution is -2.62. The van der Waals surface area contributed by atoms with Crippen molar-refractivity contribution >= 4 is 28.7 Å². The number of ether oxygens (including phenoxy) is 2. The predicted molar refractivity (Wildman–Crippen MR) is 95.2 cm³/mol. The van der Waals surface area contributed by atoms with Crippen LogP contribution >= 0.6 is 0 Å². The van der Waals surface area contributed by atoms with E-state index in [0.717, 1.165) is 23.6 Å². The number of carbonyl (C=O) groups excluding carboxylic acids is 3. The summed E-state index contributed by atoms with van der Waals surface area (Å²) < 4.78 is 9.40. The number of hydrogen-bond acceptors (Lipinski definition) is 6. The molecule has 0 radical (unpaired) electrons. The predicted octanol–water partition coefficient (Wildman–Crippen LogP) is 0.649. The van der Waals surface area contributed by atoms with E-state index in [2.05, 4.69) is 15.0 Å². The van der Waals surface area contributed by atoms with Crippen molar-refractivity contribution < 1.29 is 23.9 Å². The molecule has 1 amide bonds. The maximum atomic E-state index is 12.6. The maximum Gasteiger partial charge on any atom is 0.335 e. The lowest BCUT2D eigenvalue weighted by Gasteiger charge is -2.26. The molecular weight excluding hydrogens is 338 g/mol. The summed E-state index contributed by atoms with van der Waals surface area (Å²) in [5.74, 6) is -2.29. The molecule has 2 atom stereocenters. The van der Waals surface area contributed by atoms with Crippen LogP contribution in [-0.4, -0.2) is 48.6 Å². The molecule has 1 unspecified atom stereocenters. The van der Waals surface area contributed by atoms with Gasteiger partial charge in [-0.2, -0.15) is 0 Å². The zero-order chi connectivity index (χ0) is 19.3. The molecule has 2 rings (SSSR count). The largest absolute Gasteiger partial charge is 0.467 e. The smallest absolute Gasteiger partial charge is 0.335 e. The Bertz CT molecular complexity index is 816. The molecule has 0 aliphatic carbocycles. The number of aromatic nitrogens is 1. The van der Waals surface area contributed by atoms with Gasteiger partial charge in [0.05, 0.1) is 14.2 Å². The van der Waals surface area contributed by atoms with Crippen molar-refractivity contribution in [2.75, 3.05) is 14.2 Å². The Hall–Kier alpha value is -2.87. The highest BCUT2D eigenvalue weighted by molar-refractivity contribution is 6.08. The first-order valence-corrected chi connectivity index (χ1v) is 8.18. The van der Waals surface area contributed by atoms with Crippen LogP contribution in [0.15, 0.2) is 30.5 Å². The highest BCUT2D eigenvalue weighted by Gasteiger charge is 2.43. The first-order valence-electron chi connectivity index (χ1n) is 8.18. The van der Waals surface area contributed by atoms with Crippen LogP contribution in [0.4, 0.5) is 0 Å². The molecule has 0 fully saturated rings. The molecule has 2 aromatic rings. The minimum absolute atomic E-state index is 0.0203. The first-order chi connectivity index (χ1) is 12.4. The zero-order valence-electron chi connectivity index (χ0n) is 15.0. The third kappa shape index (κ3) is 3.70. The van der Waals surface area contributed by atoms with Crippen molar-refractivity contribution in [1.82, 2.24) is 10.3 Å². The molecule has 8 nitrogen and oxygen atoms in total. The van der Waals surface area contributed by atoms with Gasteiger partial charge in [0.15, 0.2) is 5.54 Å². The molecule has 140 valence electrons. The number of rotatable bonds is 7. The van der Waals surface area contributed by atoms with Gasteiger partial charge in [0.2, 0.25) is 0 Å². The maximum absolute atomic E-state index is 12.6. The number of aromatic amines is 1. The summed E-state index contributed by atoms with van der Waals surface area (Å²) >= 11 is 0. The van der Waals surface area contributed by atoms with Gasteiger partial charge in [0.1, 0.15) is 6.04 Å². The van der Waals surface area contributed by atoms with Gasteiger partial charge in [-0.3, -0.25) is 4.79 Å². The number of nitrogens with two attached hydrogens (primary N) is 1. The average Bonchev–Trinajstić information content (AvgIpc) is 3.08. The van der Waals surface area contributed by atoms with E-state index < -0.39 is 29.4 Å². The molecule has 26 heavy (non-hydrogen) atoms. The summed E-state index contributed by atoms with van der Waals surface area (Å²) in [6.07, 6.45) is 1.97. The molecule has 0 aliphatic heterocycles. The second-order valence-corrected chi connectivity index (χ2v) is 5.93. The standard InChI is InChI=1S/C18H23N3O5/c1-4-18(19,17(24)26-3)16(23)21-14(15(22)25-2)9-11-10-20-13-8-6-5-7-12(11)13/h5-8,10,14,20H,4,9,19H2,1-3H3,(H,21,23)/t14?,18-/m1/s1. The lowest BCUT2D eigenvalue weighted by molar-refractivity contribution is -0.154. The topological polar surface area (TPSA) is 124 Å². The quantitative estimate of drug-likeness (QED) is 0.491. The van der Waals surface area contributed by atoms with Crippen LogP contribution in [0.2, 0.25) is 0 Å². The Labute approximate surface area is 151 Å². The second kappa shape index (κ2) is 8.01. The second-order valence-electron chi connectivity index (χ2n) is 5.93. The molecular formula is C18H23N3O5. The minimum atomic E-state index is -1.87. The third-order valence-electron chi connectivity index (χ3n) is 4.40. The molecule has 0 aliphatic rings. The number of hydrogen-bond donors (Lipinski definition) is 3. The van der Waals surface area contributed by atoms with Gasteiger partial charge in [-0.05, 0) is 18.1 Å². The SMILES string of the molecule is CC[C@@](N)(C(=O)NC(Cc1c[nH]c2ccccc12)C(=O)OC)C(=O)OC. The fourth-order valence-corrected chi connectivity index (χ4v) is 2.72. The van der Waals surface area contributed by atoms with Gasteiger partial charge in [0.25, 0.3) is 5.91 Å². The van der Waals surface area contributed by atoms with Crippen LogP contribution in [0.3, 0.4) is 0 Å². The molecule has 0 spiro atoms. The van der Waals surface area contributed by atoms with Gasteiger partial charge in [-0.25, -0.2) is 9.59 Å². The van der Waals surface area contributed by atoms with Crippen molar-refractivity contribution in [3.8, 4) is 0 Å². The van der Waals surface area contributed by atoms with Crippen LogP contribution in [0, 0.1) is 0 Å². The Morgan fingerprint density at radius 2 is 1.92 bits per heavy atom. The van der Waals surface area contributed by atoms with Crippen LogP contribution in [-0.2, 0) is 30.3 Å². The number of para-hydroxylation sites is 1. The van der Waals surface area contributed by atoms with Crippen LogP contribution in [0.25, 0.3) is 10.9 Å². The van der Waals surface area contributed by atoms with Crippen molar-refractivity contribution in [1.29, 1.82) is 0 Å². The van der Waals surface area contributed by atoms with Gasteiger partial charge >= 0.3 is 11.9 Å². The van der Waals surface area contributed by atoms with Crippen LogP contribution < -0.4 is 11.1 Å². The molecule has 0 bridgehead atoms. The fraction of sp³-hybridized carbons (Fsp3) is 0.389. The number of H-pyrrole nitrogens is 1. The summed E-state index contributed by atoms with van der Waals surface area (Å²) in [5, 5.41) is 3.45. The molecule has 0 saturated carbocycles. The zero-order valence-corrected chi connectivity index (χ0v) is 15.0. The van der Waals surface area contributed by atoms with Gasteiger partial charge in [-0.1, -0.05) is 25.1 Å². The normalized spacial score (nSPS) is 14.3. The monoisotopic (exact) mass is 361 g/mol. The lowest BCUT2D eigenvalue weighted by atomic mass is 9.95. The Kier molecular flexibility index (Phi) is 5.99. The van der Waals surface area contributed by atoms with E-state index in [9.17, 15) is 14.4 Å². The molecule has 1 aromatic heterocycles. The van der Waals surface area contributed by atoms with Crippen molar-refractivity contribution in [2.24, 2.45) is 5.73 Å². The first kappa shape index (κ1) is 19.5. The van der Waals surface area contributed by atoms with Crippen LogP contribution in [0.5, 0.6) is 0 Å². The molecule has 1 aromatic carbocycles. The van der Waals surface area contributed by atoms with E-state index in [0.29, 0.717) is 0 Å². The Balaban J connectivity index is 2.26. The molecule has 1 heterocycles. The van der Waals surface area contributed by atoms with Crippen molar-refractivity contribution in [3.63, 3.8) is 0 Å².